The van der Waals surface area contributed by atoms with Crippen LogP contribution in [0.1, 0.15) is 18.4 Å². The molecule has 0 unspecified atom stereocenters. The Kier molecular flexibility index (Phi) is 5.41. The Morgan fingerprint density at radius 2 is 1.84 bits per heavy atom. The van der Waals surface area contributed by atoms with Crippen molar-refractivity contribution in [2.75, 3.05) is 5.73 Å². The Bertz CT molecular complexity index is 1230. The van der Waals surface area contributed by atoms with Gasteiger partial charge < -0.3 is 5.73 Å². The average Bonchev–Trinajstić information content (AvgIpc) is 3.16. The van der Waals surface area contributed by atoms with Crippen LogP contribution in [0, 0.1) is 0 Å². The highest BCUT2D eigenvalue weighted by atomic mass is 19.4. The molecule has 0 aliphatic rings. The molecule has 2 N–H and O–H groups in total. The van der Waals surface area contributed by atoms with Crippen LogP contribution >= 0.6 is 0 Å². The number of benzene rings is 1. The molecule has 0 atom stereocenters. The molecule has 0 bridgehead atoms. The van der Waals surface area contributed by atoms with Gasteiger partial charge in [-0.1, -0.05) is 18.2 Å². The number of rotatable bonds is 6. The number of carbonyl (C=O) groups excluding carboxylic acids is 1. The highest BCUT2D eigenvalue weighted by Crippen LogP contribution is 2.26. The molecule has 0 fully saturated rings. The Balaban J connectivity index is 1.57. The molecule has 0 aliphatic carbocycles. The fourth-order valence-electron chi connectivity index (χ4n) is 3.28. The number of hydrogen-bond acceptors (Lipinski definition) is 5. The molecule has 0 saturated heterocycles. The number of pyridine rings is 1. The summed E-state index contributed by atoms with van der Waals surface area (Å²) in [5.41, 5.74) is 10.0. The van der Waals surface area contributed by atoms with Gasteiger partial charge >= 0.3 is 6.18 Å². The smallest absolute Gasteiger partial charge is 0.382 e. The average molecular weight is 425 g/mol. The number of halogens is 3. The van der Waals surface area contributed by atoms with E-state index in [9.17, 15) is 18.0 Å². The lowest BCUT2D eigenvalue weighted by atomic mass is 10.0. The Labute approximate surface area is 175 Å². The third-order valence-electron chi connectivity index (χ3n) is 4.79. The van der Waals surface area contributed by atoms with Gasteiger partial charge in [0.15, 0.2) is 0 Å². The molecule has 6 nitrogen and oxygen atoms in total. The SMILES string of the molecule is Nc1cnc(-c2ccn3c(-c4cccc(CC(=O)CCC(F)(F)F)c4)cnc3c2)cn1. The van der Waals surface area contributed by atoms with Crippen molar-refractivity contribution in [2.45, 2.75) is 25.4 Å². The zero-order valence-corrected chi connectivity index (χ0v) is 16.3. The highest BCUT2D eigenvalue weighted by Gasteiger charge is 2.27. The first-order valence-electron chi connectivity index (χ1n) is 9.51. The number of aromatic nitrogens is 4. The molecule has 0 radical (unpaired) electrons. The number of nitrogens with zero attached hydrogens (tertiary/aromatic N) is 4. The number of carbonyl (C=O) groups is 1. The number of hydrogen-bond donors (Lipinski definition) is 1. The minimum absolute atomic E-state index is 0.0411. The largest absolute Gasteiger partial charge is 0.389 e. The first-order valence-corrected chi connectivity index (χ1v) is 9.51. The van der Waals surface area contributed by atoms with E-state index in [1.165, 1.54) is 6.20 Å². The molecule has 0 aliphatic heterocycles. The van der Waals surface area contributed by atoms with Crippen molar-refractivity contribution in [1.29, 1.82) is 0 Å². The van der Waals surface area contributed by atoms with E-state index in [0.29, 0.717) is 22.7 Å². The predicted octanol–water partition coefficient (Wildman–Crippen LogP) is 4.49. The lowest BCUT2D eigenvalue weighted by Gasteiger charge is -2.08. The van der Waals surface area contributed by atoms with Gasteiger partial charge in [-0.05, 0) is 23.8 Å². The molecule has 0 saturated carbocycles. The van der Waals surface area contributed by atoms with Gasteiger partial charge in [0.05, 0.1) is 36.4 Å². The number of nitrogen functional groups attached to an aromatic ring is 1. The molecule has 158 valence electrons. The second kappa shape index (κ2) is 8.17. The monoisotopic (exact) mass is 425 g/mol. The molecular weight excluding hydrogens is 407 g/mol. The second-order valence-corrected chi connectivity index (χ2v) is 7.14. The summed E-state index contributed by atoms with van der Waals surface area (Å²) in [4.78, 5) is 24.7. The third-order valence-corrected chi connectivity index (χ3v) is 4.79. The third kappa shape index (κ3) is 4.88. The van der Waals surface area contributed by atoms with Crippen LogP contribution in [-0.4, -0.2) is 31.3 Å². The van der Waals surface area contributed by atoms with E-state index in [2.05, 4.69) is 15.0 Å². The van der Waals surface area contributed by atoms with Gasteiger partial charge in [-0.25, -0.2) is 9.97 Å². The van der Waals surface area contributed by atoms with Gasteiger partial charge in [0.1, 0.15) is 17.2 Å². The summed E-state index contributed by atoms with van der Waals surface area (Å²) in [6.07, 6.45) is 0.651. The Morgan fingerprint density at radius 3 is 2.58 bits per heavy atom. The number of imidazole rings is 1. The van der Waals surface area contributed by atoms with Gasteiger partial charge in [-0.2, -0.15) is 13.2 Å². The van der Waals surface area contributed by atoms with Crippen molar-refractivity contribution < 1.29 is 18.0 Å². The molecule has 4 aromatic rings. The highest BCUT2D eigenvalue weighted by molar-refractivity contribution is 5.81. The van der Waals surface area contributed by atoms with Crippen molar-refractivity contribution in [3.8, 4) is 22.5 Å². The van der Waals surface area contributed by atoms with Crippen molar-refractivity contribution in [2.24, 2.45) is 0 Å². The van der Waals surface area contributed by atoms with Crippen LogP contribution in [0.15, 0.2) is 61.2 Å². The van der Waals surface area contributed by atoms with Crippen LogP contribution in [-0.2, 0) is 11.2 Å². The number of fused-ring (bicyclic) bond motifs is 1. The van der Waals surface area contributed by atoms with Crippen LogP contribution in [0.3, 0.4) is 0 Å². The minimum atomic E-state index is -4.33. The number of anilines is 1. The van der Waals surface area contributed by atoms with E-state index >= 15 is 0 Å². The molecular formula is C22H18F3N5O. The molecule has 31 heavy (non-hydrogen) atoms. The maximum absolute atomic E-state index is 12.3. The number of nitrogens with two attached hydrogens (primary N) is 1. The van der Waals surface area contributed by atoms with E-state index in [-0.39, 0.29) is 6.42 Å². The summed E-state index contributed by atoms with van der Waals surface area (Å²) in [7, 11) is 0. The van der Waals surface area contributed by atoms with Gasteiger partial charge in [-0.3, -0.25) is 14.2 Å². The Morgan fingerprint density at radius 1 is 1.00 bits per heavy atom. The fraction of sp³-hybridized carbons (Fsp3) is 0.182. The lowest BCUT2D eigenvalue weighted by molar-refractivity contribution is -0.143. The first kappa shape index (κ1) is 20.5. The summed E-state index contributed by atoms with van der Waals surface area (Å²) < 4.78 is 38.9. The summed E-state index contributed by atoms with van der Waals surface area (Å²) in [6, 6.07) is 10.9. The zero-order valence-electron chi connectivity index (χ0n) is 16.3. The van der Waals surface area contributed by atoms with Crippen LogP contribution in [0.2, 0.25) is 0 Å². The fourth-order valence-corrected chi connectivity index (χ4v) is 3.28. The van der Waals surface area contributed by atoms with Crippen LogP contribution in [0.4, 0.5) is 19.0 Å². The lowest BCUT2D eigenvalue weighted by Crippen LogP contribution is -2.12. The van der Waals surface area contributed by atoms with Crippen LogP contribution in [0.5, 0.6) is 0 Å². The van der Waals surface area contributed by atoms with Gasteiger partial charge in [-0.15, -0.1) is 0 Å². The van der Waals surface area contributed by atoms with Gasteiger partial charge in [0.25, 0.3) is 0 Å². The molecule has 4 rings (SSSR count). The standard InChI is InChI=1S/C22H18F3N5O/c23-22(24,25)6-4-17(31)9-14-2-1-3-16(8-14)19-12-29-21-10-15(5-7-30(19)21)18-11-28-20(26)13-27-18/h1-3,5,7-8,10-13H,4,6,9H2,(H2,26,28). The normalized spacial score (nSPS) is 11.7. The van der Waals surface area contributed by atoms with Crippen molar-refractivity contribution >= 4 is 17.2 Å². The van der Waals surface area contributed by atoms with Crippen molar-refractivity contribution in [3.63, 3.8) is 0 Å². The quantitative estimate of drug-likeness (QED) is 0.492. The summed E-state index contributed by atoms with van der Waals surface area (Å²) in [6.45, 7) is 0. The van der Waals surface area contributed by atoms with Crippen LogP contribution in [0.25, 0.3) is 28.2 Å². The van der Waals surface area contributed by atoms with E-state index in [1.807, 2.05) is 28.8 Å². The predicted molar refractivity (Wildman–Crippen MR) is 110 cm³/mol. The topological polar surface area (TPSA) is 86.2 Å². The number of Topliss-reactive ketones (excluding diaryl/α,β-unsaturated/α-hetero) is 1. The van der Waals surface area contributed by atoms with E-state index < -0.39 is 24.8 Å². The molecule has 3 aromatic heterocycles. The zero-order chi connectivity index (χ0) is 22.0. The summed E-state index contributed by atoms with van der Waals surface area (Å²) in [5, 5.41) is 0. The maximum Gasteiger partial charge on any atom is 0.389 e. The second-order valence-electron chi connectivity index (χ2n) is 7.14. The van der Waals surface area contributed by atoms with E-state index in [1.54, 1.807) is 30.6 Å². The van der Waals surface area contributed by atoms with Crippen LogP contribution < -0.4 is 5.73 Å². The minimum Gasteiger partial charge on any atom is -0.382 e. The first-order chi connectivity index (χ1) is 14.8. The molecule has 1 aromatic carbocycles. The van der Waals surface area contributed by atoms with Crippen molar-refractivity contribution in [3.05, 3.63) is 66.7 Å². The van der Waals surface area contributed by atoms with E-state index in [0.717, 1.165) is 16.8 Å². The maximum atomic E-state index is 12.3. The number of ketones is 1. The molecule has 3 heterocycles. The van der Waals surface area contributed by atoms with Gasteiger partial charge in [0, 0.05) is 30.2 Å². The number of alkyl halides is 3. The summed E-state index contributed by atoms with van der Waals surface area (Å²) >= 11 is 0. The summed E-state index contributed by atoms with van der Waals surface area (Å²) in [5.74, 6) is -0.105. The molecule has 9 heteroatoms. The molecule has 0 amide bonds. The van der Waals surface area contributed by atoms with E-state index in [4.69, 9.17) is 5.73 Å². The van der Waals surface area contributed by atoms with Gasteiger partial charge in [0.2, 0.25) is 0 Å². The Hall–Kier alpha value is -3.75. The van der Waals surface area contributed by atoms with Crippen molar-refractivity contribution in [1.82, 2.24) is 19.4 Å². The molecule has 0 spiro atoms.